The van der Waals surface area contributed by atoms with Crippen molar-refractivity contribution in [1.29, 1.82) is 0 Å². The molecule has 0 amide bonds. The molecule has 0 heterocycles. The van der Waals surface area contributed by atoms with Crippen LogP contribution in [0.3, 0.4) is 0 Å². The van der Waals surface area contributed by atoms with Crippen LogP contribution in [0.4, 0.5) is 0 Å². The Labute approximate surface area is 361 Å². The number of aliphatic hydroxyl groups is 1. The number of aliphatic hydroxyl groups excluding tert-OH is 1. The minimum Gasteiger partial charge on any atom is -0.400 e. The maximum atomic E-state index is 12.4. The Bertz CT molecular complexity index is 1550. The smallest absolute Gasteiger partial charge is 0.160 e. The van der Waals surface area contributed by atoms with Crippen molar-refractivity contribution in [2.45, 2.75) is 154 Å². The molecule has 16 atom stereocenters. The second kappa shape index (κ2) is 21.4. The van der Waals surface area contributed by atoms with Crippen molar-refractivity contribution in [2.24, 2.45) is 94.7 Å². The van der Waals surface area contributed by atoms with E-state index in [9.17, 15) is 19.2 Å². The minimum atomic E-state index is -0.111. The van der Waals surface area contributed by atoms with Crippen LogP contribution in [-0.4, -0.2) is 35.3 Å². The van der Waals surface area contributed by atoms with E-state index >= 15 is 0 Å². The molecule has 0 aromatic heterocycles. The average Bonchev–Trinajstić information content (AvgIpc) is 3.13. The quantitative estimate of drug-likeness (QED) is 0.246. The Morgan fingerprint density at radius 3 is 1.83 bits per heavy atom. The summed E-state index contributed by atoms with van der Waals surface area (Å²) in [4.78, 5) is 49.1. The number of allylic oxidation sites excluding steroid dienone is 8. The van der Waals surface area contributed by atoms with E-state index in [0.29, 0.717) is 41.7 Å². The van der Waals surface area contributed by atoms with E-state index < -0.39 is 0 Å². The first kappa shape index (κ1) is 50.7. The van der Waals surface area contributed by atoms with E-state index in [0.717, 1.165) is 80.3 Å². The zero-order valence-electron chi connectivity index (χ0n) is 35.9. The molecule has 1 N–H and O–H groups in total. The number of carbonyl (C=O) groups excluding carboxylic acids is 4. The lowest BCUT2D eigenvalue weighted by Crippen LogP contribution is -2.50. The summed E-state index contributed by atoms with van der Waals surface area (Å²) in [5, 5.41) is 7.00. The van der Waals surface area contributed by atoms with Gasteiger partial charge in [0, 0.05) is 43.6 Å². The Kier molecular flexibility index (Phi) is 18.4. The number of Topliss-reactive ketones (excluding diaryl/α,β-unsaturated/α-hetero) is 2. The molecule has 0 bridgehead atoms. The molecule has 0 spiro atoms. The van der Waals surface area contributed by atoms with Crippen molar-refractivity contribution in [3.05, 3.63) is 59.8 Å². The van der Waals surface area contributed by atoms with E-state index in [1.54, 1.807) is 23.3 Å². The Balaban J connectivity index is 0.000000226. The van der Waals surface area contributed by atoms with Gasteiger partial charge in [-0.1, -0.05) is 97.6 Å². The molecule has 0 aromatic carbocycles. The summed E-state index contributed by atoms with van der Waals surface area (Å²) in [6.07, 6.45) is 23.7. The molecule has 6 saturated carbocycles. The highest BCUT2D eigenvalue weighted by atomic mass is 16.2. The summed E-state index contributed by atoms with van der Waals surface area (Å²) in [5.41, 5.74) is 5.55. The molecule has 0 aromatic rings. The third-order valence-corrected chi connectivity index (χ3v) is 16.4. The van der Waals surface area contributed by atoms with Crippen molar-refractivity contribution in [3.63, 3.8) is 0 Å². The second-order valence-corrected chi connectivity index (χ2v) is 20.4. The van der Waals surface area contributed by atoms with Gasteiger partial charge in [-0.05, 0) is 174 Å². The third kappa shape index (κ3) is 10.3. The summed E-state index contributed by atoms with van der Waals surface area (Å²) >= 11 is 0. The minimum absolute atomic E-state index is 0. The molecule has 9 aliphatic rings. The van der Waals surface area contributed by atoms with Gasteiger partial charge in [0.1, 0.15) is 11.6 Å². The number of fused-ring (bicyclic) bond motifs is 9. The maximum absolute atomic E-state index is 12.4. The van der Waals surface area contributed by atoms with Crippen LogP contribution < -0.4 is 0 Å². The van der Waals surface area contributed by atoms with Crippen molar-refractivity contribution in [2.75, 3.05) is 7.11 Å². The summed E-state index contributed by atoms with van der Waals surface area (Å²) < 4.78 is 0. The van der Waals surface area contributed by atoms with Crippen molar-refractivity contribution < 1.29 is 24.3 Å². The first-order valence-corrected chi connectivity index (χ1v) is 22.7. The number of carbonyl (C=O) groups is 4. The zero-order valence-corrected chi connectivity index (χ0v) is 35.9. The van der Waals surface area contributed by atoms with E-state index in [-0.39, 0.29) is 69.4 Å². The topological polar surface area (TPSA) is 88.5 Å². The fourth-order valence-corrected chi connectivity index (χ4v) is 14.4. The second-order valence-electron chi connectivity index (χ2n) is 20.4. The molecule has 0 radical (unpaired) electrons. The van der Waals surface area contributed by atoms with Gasteiger partial charge in [-0.15, -0.1) is 0 Å². The van der Waals surface area contributed by atoms with E-state index in [2.05, 4.69) is 53.9 Å². The molecular formula is C54H86O5. The van der Waals surface area contributed by atoms with Crippen LogP contribution in [0.25, 0.3) is 0 Å². The highest BCUT2D eigenvalue weighted by Gasteiger charge is 2.52. The van der Waals surface area contributed by atoms with Gasteiger partial charge in [-0.25, -0.2) is 0 Å². The van der Waals surface area contributed by atoms with Crippen LogP contribution in [0.5, 0.6) is 0 Å². The Morgan fingerprint density at radius 1 is 0.610 bits per heavy atom. The van der Waals surface area contributed by atoms with Crippen LogP contribution in [0.1, 0.15) is 154 Å². The number of hydrogen-bond donors (Lipinski definition) is 1. The van der Waals surface area contributed by atoms with Crippen molar-refractivity contribution >= 4 is 23.1 Å². The lowest BCUT2D eigenvalue weighted by molar-refractivity contribution is -0.148. The maximum Gasteiger partial charge on any atom is 0.160 e. The monoisotopic (exact) mass is 815 g/mol. The summed E-state index contributed by atoms with van der Waals surface area (Å²) in [6, 6.07) is 0. The lowest BCUT2D eigenvalue weighted by Gasteiger charge is -2.53. The van der Waals surface area contributed by atoms with Gasteiger partial charge in [0.2, 0.25) is 0 Å². The first-order valence-electron chi connectivity index (χ1n) is 22.7. The molecule has 6 fully saturated rings. The molecule has 332 valence electrons. The van der Waals surface area contributed by atoms with Gasteiger partial charge in [-0.2, -0.15) is 0 Å². The molecule has 5 heteroatoms. The predicted molar refractivity (Wildman–Crippen MR) is 246 cm³/mol. The van der Waals surface area contributed by atoms with Gasteiger partial charge >= 0.3 is 0 Å². The van der Waals surface area contributed by atoms with Gasteiger partial charge in [-0.3, -0.25) is 19.2 Å². The SMILES string of the molecule is C.C.C.C=C1C[C@H](C)C[C@@H]2C[C@H](C)[C@H]3CCCC(=C)[C@@H]3[C@@H]12.CC1=CC(=O)[C@@H]2[C@H]3C(=O)C=CC[C@@H]3C(C)=C[C@H]2C1.CO.C[C@H]1CC(=O)[C@H]2[C@H](C1)C[C@H](C)[C@H]1CCCC(=O)[C@@H]12. The van der Waals surface area contributed by atoms with Crippen LogP contribution in [0.15, 0.2) is 59.8 Å². The van der Waals surface area contributed by atoms with Gasteiger partial charge in [0.05, 0.1) is 0 Å². The molecule has 0 saturated heterocycles. The van der Waals surface area contributed by atoms with Gasteiger partial charge < -0.3 is 5.11 Å². The van der Waals surface area contributed by atoms with E-state index in [4.69, 9.17) is 5.11 Å². The fraction of sp³-hybridized carbons (Fsp3) is 0.741. The predicted octanol–water partition coefficient (Wildman–Crippen LogP) is 12.8. The van der Waals surface area contributed by atoms with Crippen LogP contribution >= 0.6 is 0 Å². The molecule has 5 nitrogen and oxygen atoms in total. The Morgan fingerprint density at radius 2 is 1.19 bits per heavy atom. The molecule has 0 unspecified atom stereocenters. The Hall–Kier alpha value is -2.66. The number of hydrogen-bond acceptors (Lipinski definition) is 5. The number of ketones is 4. The highest BCUT2D eigenvalue weighted by molar-refractivity contribution is 6.01. The number of rotatable bonds is 0. The fourth-order valence-electron chi connectivity index (χ4n) is 14.4. The summed E-state index contributed by atoms with van der Waals surface area (Å²) in [5.74, 6) is 8.89. The highest BCUT2D eigenvalue weighted by Crippen LogP contribution is 2.57. The lowest BCUT2D eigenvalue weighted by atomic mass is 9.52. The summed E-state index contributed by atoms with van der Waals surface area (Å²) in [6.45, 7) is 22.4. The van der Waals surface area contributed by atoms with Crippen LogP contribution in [0, 0.1) is 94.7 Å². The van der Waals surface area contributed by atoms with Crippen LogP contribution in [-0.2, 0) is 19.2 Å². The zero-order chi connectivity index (χ0) is 40.6. The molecule has 9 rings (SSSR count). The van der Waals surface area contributed by atoms with Gasteiger partial charge in [0.15, 0.2) is 11.6 Å². The summed E-state index contributed by atoms with van der Waals surface area (Å²) in [7, 11) is 1.00. The van der Waals surface area contributed by atoms with E-state index in [1.165, 1.54) is 56.9 Å². The van der Waals surface area contributed by atoms with Crippen molar-refractivity contribution in [1.82, 2.24) is 0 Å². The largest absolute Gasteiger partial charge is 0.400 e. The van der Waals surface area contributed by atoms with Gasteiger partial charge in [0.25, 0.3) is 0 Å². The van der Waals surface area contributed by atoms with E-state index in [1.807, 2.05) is 13.0 Å². The third-order valence-electron chi connectivity index (χ3n) is 16.4. The average molecular weight is 815 g/mol. The van der Waals surface area contributed by atoms with Crippen molar-refractivity contribution in [3.8, 4) is 0 Å². The van der Waals surface area contributed by atoms with Crippen LogP contribution in [0.2, 0.25) is 0 Å². The molecule has 59 heavy (non-hydrogen) atoms. The standard InChI is InChI=1S/C18H28.C16H24O2.C16H18O2.CH4O.3CH4/c1-11-8-14(4)17-15(9-11)10-13(3)16-7-5-6-12(2)18(16)17;2*1-9-6-11-8-10(2)12-4-3-5-13(17)16(12)15(11)14(18)7-9;1-2;;;/h11,13,15-18H,2,4-10H2,1,3H3;9-12,15-16H,3-8H2,1-2H3;3,5,7-8,11-12,15-16H,4,6H2,1-2H3;2H,1H3;3*1H4/t11-,13-,15+,16+,17-,18-;9-,10+,11-,12-,15-,16-;11-,12-,15-,16-;;;;/m011..../s1. The molecule has 0 aliphatic heterocycles. The normalized spacial score (nSPS) is 41.6. The first-order chi connectivity index (χ1) is 26.7. The molecular weight excluding hydrogens is 729 g/mol. The molecule has 9 aliphatic carbocycles.